The Morgan fingerprint density at radius 2 is 1.49 bits per heavy atom. The highest BCUT2D eigenvalue weighted by Gasteiger charge is 2.20. The zero-order chi connectivity index (χ0) is 31.5. The molecule has 2 heterocycles. The molecule has 0 saturated carbocycles. The smallest absolute Gasteiger partial charge is 0.320 e. The molecule has 1 aliphatic rings. The lowest BCUT2D eigenvalue weighted by Gasteiger charge is -2.31. The first-order chi connectivity index (χ1) is 20.6. The number of sulfone groups is 1. The maximum Gasteiger partial charge on any atom is 0.320 e. The van der Waals surface area contributed by atoms with Gasteiger partial charge in [0.1, 0.15) is 13.2 Å². The molecule has 1 fully saturated rings. The highest BCUT2D eigenvalue weighted by molar-refractivity contribution is 7.90. The van der Waals surface area contributed by atoms with Crippen molar-refractivity contribution in [2.24, 2.45) is 0 Å². The summed E-state index contributed by atoms with van der Waals surface area (Å²) in [5.74, 6) is 5.12. The molecule has 0 atom stereocenters. The van der Waals surface area contributed by atoms with Crippen LogP contribution in [0.4, 0.5) is 0 Å². The molecule has 1 aliphatic heterocycles. The topological polar surface area (TPSA) is 151 Å². The van der Waals surface area contributed by atoms with Gasteiger partial charge in [-0.15, -0.1) is 0 Å². The van der Waals surface area contributed by atoms with Crippen LogP contribution in [0.15, 0.2) is 42.9 Å². The molecule has 0 radical (unpaired) electrons. The average Bonchev–Trinajstić information content (AvgIpc) is 2.97. The van der Waals surface area contributed by atoms with Crippen LogP contribution in [0.5, 0.6) is 0 Å². The van der Waals surface area contributed by atoms with Gasteiger partial charge in [0.25, 0.3) is 0 Å². The average molecular weight is 619 g/mol. The van der Waals surface area contributed by atoms with Gasteiger partial charge >= 0.3 is 11.9 Å². The summed E-state index contributed by atoms with van der Waals surface area (Å²) in [6, 6.07) is 0. The van der Waals surface area contributed by atoms with Crippen LogP contribution < -0.4 is 5.32 Å². The van der Waals surface area contributed by atoms with E-state index in [9.17, 15) is 22.8 Å². The number of rotatable bonds is 12. The summed E-state index contributed by atoms with van der Waals surface area (Å²) in [6.07, 6.45) is 8.10. The largest absolute Gasteiger partial charge is 0.461 e. The second-order valence-electron chi connectivity index (χ2n) is 9.81. The van der Waals surface area contributed by atoms with Gasteiger partial charge in [0, 0.05) is 83.8 Å². The van der Waals surface area contributed by atoms with Gasteiger partial charge < -0.3 is 19.7 Å². The monoisotopic (exact) mass is 618 g/mol. The molecule has 0 bridgehead atoms. The summed E-state index contributed by atoms with van der Waals surface area (Å²) in [5, 5.41) is 3.08. The molecule has 0 aromatic carbocycles. The Morgan fingerprint density at radius 3 is 2.07 bits per heavy atom. The molecular weight excluding hydrogens is 576 g/mol. The Balaban J connectivity index is 1.95. The quantitative estimate of drug-likeness (QED) is 0.109. The van der Waals surface area contributed by atoms with Crippen LogP contribution in [-0.2, 0) is 33.7 Å². The van der Waals surface area contributed by atoms with Crippen molar-refractivity contribution in [2.45, 2.75) is 24.4 Å². The van der Waals surface area contributed by atoms with E-state index in [1.54, 1.807) is 4.90 Å². The lowest BCUT2D eigenvalue weighted by atomic mass is 10.2. The third-order valence-corrected chi connectivity index (χ3v) is 7.12. The fraction of sp³-hybridized carbons (Fsp3) is 0.552. The van der Waals surface area contributed by atoms with Crippen molar-refractivity contribution in [3.8, 4) is 11.8 Å². The van der Waals surface area contributed by atoms with E-state index in [4.69, 9.17) is 9.47 Å². The number of nitrogens with one attached hydrogen (secondary N) is 1. The lowest BCUT2D eigenvalue weighted by molar-refractivity contribution is -0.145. The Bertz CT molecular complexity index is 1240. The van der Waals surface area contributed by atoms with Gasteiger partial charge in [-0.1, -0.05) is 37.2 Å². The minimum absolute atomic E-state index is 0.0118. The fourth-order valence-electron chi connectivity index (χ4n) is 4.01. The Hall–Kier alpha value is -3.64. The Labute approximate surface area is 254 Å². The molecule has 0 spiro atoms. The summed E-state index contributed by atoms with van der Waals surface area (Å²) >= 11 is 0. The second-order valence-corrected chi connectivity index (χ2v) is 11.7. The zero-order valence-corrected chi connectivity index (χ0v) is 25.6. The van der Waals surface area contributed by atoms with Crippen LogP contribution in [0, 0.1) is 11.8 Å². The van der Waals surface area contributed by atoms with Gasteiger partial charge in [-0.05, 0) is 6.42 Å². The molecule has 236 valence electrons. The molecule has 43 heavy (non-hydrogen) atoms. The van der Waals surface area contributed by atoms with Gasteiger partial charge in [0.2, 0.25) is 20.9 Å². The Kier molecular flexibility index (Phi) is 16.1. The van der Waals surface area contributed by atoms with Crippen LogP contribution in [0.3, 0.4) is 0 Å². The van der Waals surface area contributed by atoms with Crippen molar-refractivity contribution >= 4 is 27.7 Å². The maximum absolute atomic E-state index is 13.1. The van der Waals surface area contributed by atoms with E-state index in [-0.39, 0.29) is 43.3 Å². The minimum Gasteiger partial charge on any atom is -0.461 e. The minimum atomic E-state index is -3.47. The van der Waals surface area contributed by atoms with E-state index in [1.165, 1.54) is 24.5 Å². The molecule has 1 aromatic rings. The fourth-order valence-corrected chi connectivity index (χ4v) is 4.49. The van der Waals surface area contributed by atoms with Crippen molar-refractivity contribution in [1.29, 1.82) is 0 Å². The zero-order valence-electron chi connectivity index (χ0n) is 24.8. The van der Waals surface area contributed by atoms with E-state index in [0.717, 1.165) is 6.26 Å². The second kappa shape index (κ2) is 19.5. The van der Waals surface area contributed by atoms with Crippen molar-refractivity contribution in [3.63, 3.8) is 0 Å². The maximum atomic E-state index is 13.1. The third-order valence-electron chi connectivity index (χ3n) is 6.25. The summed E-state index contributed by atoms with van der Waals surface area (Å²) in [6.45, 7) is 11.7. The van der Waals surface area contributed by atoms with E-state index in [1.807, 2.05) is 9.80 Å². The number of hydrogen-bond donors (Lipinski definition) is 1. The van der Waals surface area contributed by atoms with Gasteiger partial charge in [0.05, 0.1) is 18.7 Å². The van der Waals surface area contributed by atoms with E-state index in [2.05, 4.69) is 40.3 Å². The number of hydrogen-bond acceptors (Lipinski definition) is 12. The molecule has 2 rings (SSSR count). The molecule has 1 aromatic heterocycles. The number of aromatic nitrogens is 2. The predicted octanol–water partition coefficient (Wildman–Crippen LogP) is -0.104. The van der Waals surface area contributed by atoms with Crippen LogP contribution >= 0.6 is 0 Å². The van der Waals surface area contributed by atoms with E-state index in [0.29, 0.717) is 77.2 Å². The highest BCUT2D eigenvalue weighted by Crippen LogP contribution is 2.05. The van der Waals surface area contributed by atoms with Gasteiger partial charge in [-0.25, -0.2) is 18.4 Å². The van der Waals surface area contributed by atoms with Gasteiger partial charge in [0.15, 0.2) is 0 Å². The van der Waals surface area contributed by atoms with Crippen molar-refractivity contribution < 1.29 is 32.3 Å². The first-order valence-corrected chi connectivity index (χ1v) is 16.0. The van der Waals surface area contributed by atoms with Crippen molar-refractivity contribution in [3.05, 3.63) is 43.3 Å². The first kappa shape index (κ1) is 35.6. The number of esters is 2. The number of nitrogens with zero attached hydrogens (tertiary/aromatic N) is 5. The third kappa shape index (κ3) is 14.9. The summed E-state index contributed by atoms with van der Waals surface area (Å²) in [5.41, 5.74) is 0.492. The summed E-state index contributed by atoms with van der Waals surface area (Å²) in [4.78, 5) is 50.9. The van der Waals surface area contributed by atoms with Crippen LogP contribution in [0.25, 0.3) is 0 Å². The standard InChI is InChI=1S/C29H42N6O7S/c1-4-19-41-27(37)23-33-13-11-30-12-14-35(18-17-34(16-15-33)24-28(38)42-20-5-2)26(36)10-8-6-7-9-25-21-31-29(32-22-25)43(3,39)40/h4-5,21-22,30H,1-2,6,8,10-20,23-24H2,3H3. The van der Waals surface area contributed by atoms with E-state index < -0.39 is 15.8 Å². The number of ether oxygens (including phenoxy) is 2. The van der Waals surface area contributed by atoms with E-state index >= 15 is 0 Å². The number of carbonyl (C=O) groups is 3. The lowest BCUT2D eigenvalue weighted by Crippen LogP contribution is -2.48. The predicted molar refractivity (Wildman–Crippen MR) is 161 cm³/mol. The van der Waals surface area contributed by atoms with Crippen LogP contribution in [0.1, 0.15) is 24.8 Å². The molecular formula is C29H42N6O7S. The summed E-state index contributed by atoms with van der Waals surface area (Å²) < 4.78 is 33.3. The highest BCUT2D eigenvalue weighted by atomic mass is 32.2. The number of carbonyl (C=O) groups excluding carboxylic acids is 3. The van der Waals surface area contributed by atoms with Gasteiger partial charge in [-0.2, -0.15) is 0 Å². The molecule has 0 unspecified atom stereocenters. The van der Waals surface area contributed by atoms with Crippen molar-refractivity contribution in [2.75, 3.05) is 84.9 Å². The molecule has 1 amide bonds. The molecule has 0 aliphatic carbocycles. The van der Waals surface area contributed by atoms with Crippen LogP contribution in [0.2, 0.25) is 0 Å². The van der Waals surface area contributed by atoms with Crippen molar-refractivity contribution in [1.82, 2.24) is 30.0 Å². The molecule has 1 saturated heterocycles. The first-order valence-electron chi connectivity index (χ1n) is 14.1. The molecule has 13 nitrogen and oxygen atoms in total. The molecule has 14 heteroatoms. The normalized spacial score (nSPS) is 15.6. The number of unbranched alkanes of at least 4 members (excludes halogenated alkanes) is 1. The molecule has 1 N–H and O–H groups in total. The SMILES string of the molecule is C=CCOC(=O)CN1CCNCCN(C(=O)CCCC#Cc2cnc(S(C)(=O)=O)nc2)CCN(CC(=O)OCC=C)CC1. The Morgan fingerprint density at radius 1 is 0.930 bits per heavy atom. The summed E-state index contributed by atoms with van der Waals surface area (Å²) in [7, 11) is -3.47. The van der Waals surface area contributed by atoms with Gasteiger partial charge in [-0.3, -0.25) is 24.2 Å². The number of amides is 1. The van der Waals surface area contributed by atoms with Crippen LogP contribution in [-0.4, -0.2) is 136 Å².